The topological polar surface area (TPSA) is 99.4 Å². The maximum Gasteiger partial charge on any atom is 0.438 e. The van der Waals surface area contributed by atoms with E-state index in [1.807, 2.05) is 17.9 Å². The highest BCUT2D eigenvalue weighted by molar-refractivity contribution is 7.99. The van der Waals surface area contributed by atoms with Crippen molar-refractivity contribution in [2.24, 2.45) is 0 Å². The molecule has 0 spiro atoms. The molecule has 0 saturated carbocycles. The van der Waals surface area contributed by atoms with Crippen molar-refractivity contribution in [2.45, 2.75) is 51.2 Å². The molecular formula is C16H25N3O4S. The highest BCUT2D eigenvalue weighted by Gasteiger charge is 2.28. The van der Waals surface area contributed by atoms with Gasteiger partial charge in [0.15, 0.2) is 5.82 Å². The van der Waals surface area contributed by atoms with Crippen LogP contribution in [0, 0.1) is 0 Å². The van der Waals surface area contributed by atoms with E-state index in [1.54, 1.807) is 17.8 Å². The fraction of sp³-hybridized carbons (Fsp3) is 0.688. The van der Waals surface area contributed by atoms with Gasteiger partial charge in [0.05, 0.1) is 12.1 Å². The van der Waals surface area contributed by atoms with Crippen LogP contribution in [0.25, 0.3) is 0 Å². The first-order chi connectivity index (χ1) is 11.6. The van der Waals surface area contributed by atoms with Crippen molar-refractivity contribution in [3.63, 3.8) is 0 Å². The molecular weight excluding hydrogens is 330 g/mol. The van der Waals surface area contributed by atoms with Gasteiger partial charge in [0.2, 0.25) is 5.91 Å². The molecule has 8 heteroatoms. The van der Waals surface area contributed by atoms with E-state index in [9.17, 15) is 14.7 Å². The molecule has 0 bridgehead atoms. The molecule has 1 aliphatic rings. The first kappa shape index (κ1) is 18.8. The molecule has 1 fully saturated rings. The molecule has 2 atom stereocenters. The molecule has 2 heterocycles. The maximum absolute atomic E-state index is 12.0. The monoisotopic (exact) mass is 355 g/mol. The van der Waals surface area contributed by atoms with Crippen LogP contribution in [0.3, 0.4) is 0 Å². The number of aliphatic hydroxyl groups excluding tert-OH is 1. The van der Waals surface area contributed by atoms with Crippen LogP contribution in [0.1, 0.15) is 38.4 Å². The summed E-state index contributed by atoms with van der Waals surface area (Å²) in [5, 5.41) is 13.2. The summed E-state index contributed by atoms with van der Waals surface area (Å²) in [4.78, 5) is 27.2. The Morgan fingerprint density at radius 1 is 1.50 bits per heavy atom. The molecule has 1 aromatic rings. The van der Waals surface area contributed by atoms with E-state index in [0.29, 0.717) is 25.1 Å². The third-order valence-corrected chi connectivity index (χ3v) is 5.06. The van der Waals surface area contributed by atoms with E-state index in [1.165, 1.54) is 0 Å². The van der Waals surface area contributed by atoms with Crippen LogP contribution in [0.5, 0.6) is 0 Å². The van der Waals surface area contributed by atoms with Crippen molar-refractivity contribution in [3.05, 3.63) is 28.5 Å². The second-order valence-corrected chi connectivity index (χ2v) is 7.04. The normalized spacial score (nSPS) is 19.5. The zero-order valence-corrected chi connectivity index (χ0v) is 14.8. The third-order valence-electron chi connectivity index (χ3n) is 4.01. The van der Waals surface area contributed by atoms with Gasteiger partial charge in [-0.25, -0.2) is 4.79 Å². The molecule has 0 unspecified atom stereocenters. The van der Waals surface area contributed by atoms with Gasteiger partial charge in [-0.05, 0) is 25.0 Å². The Morgan fingerprint density at radius 3 is 3.04 bits per heavy atom. The first-order valence-electron chi connectivity index (χ1n) is 8.38. The minimum absolute atomic E-state index is 0.111. The number of nitrogens with zero attached hydrogens (tertiary/aromatic N) is 2. The van der Waals surface area contributed by atoms with E-state index in [2.05, 4.69) is 14.7 Å². The third kappa shape index (κ3) is 5.83. The molecule has 2 N–H and O–H groups in total. The van der Waals surface area contributed by atoms with Gasteiger partial charge in [-0.2, -0.15) is 11.8 Å². The summed E-state index contributed by atoms with van der Waals surface area (Å²) in [6, 6.07) is 0.111. The zero-order chi connectivity index (χ0) is 17.4. The molecule has 0 radical (unpaired) electrons. The summed E-state index contributed by atoms with van der Waals surface area (Å²) in [5.41, 5.74) is 0. The largest absolute Gasteiger partial charge is 0.438 e. The molecule has 24 heavy (non-hydrogen) atoms. The second kappa shape index (κ2) is 9.68. The number of rotatable bonds is 10. The molecule has 1 saturated heterocycles. The highest BCUT2D eigenvalue weighted by atomic mass is 32.2. The van der Waals surface area contributed by atoms with Crippen LogP contribution in [-0.2, 0) is 11.2 Å². The predicted molar refractivity (Wildman–Crippen MR) is 92.9 cm³/mol. The summed E-state index contributed by atoms with van der Waals surface area (Å²) >= 11 is 1.78. The number of aromatic nitrogens is 2. The molecule has 134 valence electrons. The zero-order valence-electron chi connectivity index (χ0n) is 13.9. The van der Waals surface area contributed by atoms with Crippen LogP contribution >= 0.6 is 11.8 Å². The fourth-order valence-electron chi connectivity index (χ4n) is 2.61. The van der Waals surface area contributed by atoms with Crippen molar-refractivity contribution in [3.8, 4) is 0 Å². The number of likely N-dealkylation sites (tertiary alicyclic amines) is 1. The number of aromatic amines is 1. The van der Waals surface area contributed by atoms with E-state index >= 15 is 0 Å². The SMILES string of the molecule is CC[C@H](O)/C=C/[C@H]1CCC(=O)N1CCSCCCc1noc(=O)[nH]1. The average Bonchev–Trinajstić information content (AvgIpc) is 3.14. The smallest absolute Gasteiger partial charge is 0.389 e. The van der Waals surface area contributed by atoms with E-state index in [-0.39, 0.29) is 11.9 Å². The molecule has 0 aliphatic carbocycles. The maximum atomic E-state index is 12.0. The number of carbonyl (C=O) groups excluding carboxylic acids is 1. The lowest BCUT2D eigenvalue weighted by molar-refractivity contribution is -0.128. The summed E-state index contributed by atoms with van der Waals surface area (Å²) in [7, 11) is 0. The van der Waals surface area contributed by atoms with E-state index < -0.39 is 11.9 Å². The van der Waals surface area contributed by atoms with Crippen molar-refractivity contribution < 1.29 is 14.4 Å². The predicted octanol–water partition coefficient (Wildman–Crippen LogP) is 1.35. The van der Waals surface area contributed by atoms with Gasteiger partial charge in [0.1, 0.15) is 0 Å². The minimum atomic E-state index is -0.516. The fourth-order valence-corrected chi connectivity index (χ4v) is 3.49. The quantitative estimate of drug-likeness (QED) is 0.485. The van der Waals surface area contributed by atoms with Crippen LogP contribution in [0.15, 0.2) is 21.5 Å². The Hall–Kier alpha value is -1.54. The van der Waals surface area contributed by atoms with Gasteiger partial charge >= 0.3 is 5.76 Å². The van der Waals surface area contributed by atoms with E-state index in [4.69, 9.17) is 0 Å². The Labute approximate surface area is 145 Å². The van der Waals surface area contributed by atoms with Gasteiger partial charge in [0.25, 0.3) is 0 Å². The summed E-state index contributed by atoms with van der Waals surface area (Å²) in [5.74, 6) is 2.07. The van der Waals surface area contributed by atoms with Crippen molar-refractivity contribution in [1.29, 1.82) is 0 Å². The first-order valence-corrected chi connectivity index (χ1v) is 9.54. The highest BCUT2D eigenvalue weighted by Crippen LogP contribution is 2.21. The molecule has 1 aromatic heterocycles. The summed E-state index contributed by atoms with van der Waals surface area (Å²) in [6.45, 7) is 2.65. The molecule has 7 nitrogen and oxygen atoms in total. The lowest BCUT2D eigenvalue weighted by Crippen LogP contribution is -2.34. The van der Waals surface area contributed by atoms with E-state index in [0.717, 1.165) is 30.9 Å². The van der Waals surface area contributed by atoms with Gasteiger partial charge in [-0.1, -0.05) is 24.2 Å². The Morgan fingerprint density at radius 2 is 2.33 bits per heavy atom. The van der Waals surface area contributed by atoms with Crippen molar-refractivity contribution in [1.82, 2.24) is 15.0 Å². The van der Waals surface area contributed by atoms with Gasteiger partial charge < -0.3 is 10.0 Å². The van der Waals surface area contributed by atoms with Crippen LogP contribution in [0.4, 0.5) is 0 Å². The van der Waals surface area contributed by atoms with Crippen LogP contribution in [-0.4, -0.2) is 56.3 Å². The summed E-state index contributed by atoms with van der Waals surface area (Å²) in [6.07, 6.45) is 7.00. The number of H-pyrrole nitrogens is 1. The number of amides is 1. The van der Waals surface area contributed by atoms with Gasteiger partial charge in [-0.3, -0.25) is 14.3 Å². The van der Waals surface area contributed by atoms with Crippen molar-refractivity contribution >= 4 is 17.7 Å². The number of hydrogen-bond acceptors (Lipinski definition) is 6. The second-order valence-electron chi connectivity index (χ2n) is 5.81. The molecule has 1 amide bonds. The molecule has 1 aliphatic heterocycles. The Bertz CT molecular complexity index is 598. The van der Waals surface area contributed by atoms with Gasteiger partial charge in [0, 0.05) is 25.1 Å². The number of hydrogen-bond donors (Lipinski definition) is 2. The Kier molecular flexibility index (Phi) is 7.58. The molecule has 0 aromatic carbocycles. The number of thioether (sulfide) groups is 1. The molecule has 2 rings (SSSR count). The number of carbonyl (C=O) groups is 1. The van der Waals surface area contributed by atoms with Gasteiger partial charge in [-0.15, -0.1) is 0 Å². The lowest BCUT2D eigenvalue weighted by Gasteiger charge is -2.22. The minimum Gasteiger partial charge on any atom is -0.389 e. The number of aliphatic hydroxyl groups is 1. The summed E-state index contributed by atoms with van der Waals surface area (Å²) < 4.78 is 4.45. The van der Waals surface area contributed by atoms with Crippen molar-refractivity contribution in [2.75, 3.05) is 18.1 Å². The lowest BCUT2D eigenvalue weighted by atomic mass is 10.1. The van der Waals surface area contributed by atoms with Crippen LogP contribution < -0.4 is 5.76 Å². The average molecular weight is 355 g/mol. The number of aryl methyl sites for hydroxylation is 1. The number of nitrogens with one attached hydrogen (secondary N) is 1. The van der Waals surface area contributed by atoms with Crippen LogP contribution in [0.2, 0.25) is 0 Å². The Balaban J connectivity index is 1.65. The standard InChI is InChI=1S/C16H25N3O4S/c1-2-13(20)7-5-12-6-8-15(21)19(12)9-11-24-10-3-4-14-17-16(22)23-18-14/h5,7,12-13,20H,2-4,6,8-11H2,1H3,(H,17,18,22)/b7-5+/t12-,13-/m0/s1.